The van der Waals surface area contributed by atoms with Gasteiger partial charge in [0.05, 0.1) is 0 Å². The van der Waals surface area contributed by atoms with Gasteiger partial charge in [-0.05, 0) is 6.07 Å². The Bertz CT molecular complexity index is 424. The molecule has 0 spiro atoms. The predicted molar refractivity (Wildman–Crippen MR) is 44.7 cm³/mol. The van der Waals surface area contributed by atoms with Crippen molar-refractivity contribution in [3.05, 3.63) is 29.7 Å². The number of aliphatic hydroxyl groups is 1. The maximum Gasteiger partial charge on any atom is 0.221 e. The van der Waals surface area contributed by atoms with Gasteiger partial charge in [0.15, 0.2) is 5.58 Å². The summed E-state index contributed by atoms with van der Waals surface area (Å²) in [6, 6.07) is 5.06. The molecular formula is C9H8FNO2. The van der Waals surface area contributed by atoms with Crippen molar-refractivity contribution >= 4 is 11.1 Å². The van der Waals surface area contributed by atoms with Gasteiger partial charge in [-0.25, -0.2) is 9.37 Å². The molecule has 0 bridgehead atoms. The van der Waals surface area contributed by atoms with Gasteiger partial charge < -0.3 is 9.52 Å². The van der Waals surface area contributed by atoms with Gasteiger partial charge in [0.2, 0.25) is 5.89 Å². The van der Waals surface area contributed by atoms with Crippen LogP contribution in [0.3, 0.4) is 0 Å². The van der Waals surface area contributed by atoms with Crippen LogP contribution in [0.4, 0.5) is 4.39 Å². The van der Waals surface area contributed by atoms with Crippen LogP contribution in [0.15, 0.2) is 22.6 Å². The van der Waals surface area contributed by atoms with Crippen LogP contribution in [0.2, 0.25) is 0 Å². The lowest BCUT2D eigenvalue weighted by atomic mass is 10.2. The van der Waals surface area contributed by atoms with Gasteiger partial charge >= 0.3 is 0 Å². The molecule has 1 aromatic heterocycles. The van der Waals surface area contributed by atoms with Crippen LogP contribution in [0.1, 0.15) is 11.5 Å². The topological polar surface area (TPSA) is 46.3 Å². The van der Waals surface area contributed by atoms with Gasteiger partial charge in [0.1, 0.15) is 18.8 Å². The molecule has 0 amide bonds. The first-order valence-electron chi connectivity index (χ1n) is 3.89. The highest BCUT2D eigenvalue weighted by molar-refractivity contribution is 5.76. The molecule has 0 saturated heterocycles. The molecule has 0 aliphatic carbocycles. The second-order valence-corrected chi connectivity index (χ2v) is 2.66. The highest BCUT2D eigenvalue weighted by Crippen LogP contribution is 2.20. The number of nitrogens with zero attached hydrogens (tertiary/aromatic N) is 1. The molecule has 0 fully saturated rings. The minimum Gasteiger partial charge on any atom is -0.438 e. The second kappa shape index (κ2) is 3.14. The van der Waals surface area contributed by atoms with E-state index in [0.717, 1.165) is 0 Å². The van der Waals surface area contributed by atoms with Crippen LogP contribution in [0.5, 0.6) is 0 Å². The minimum absolute atomic E-state index is 0.218. The average molecular weight is 181 g/mol. The van der Waals surface area contributed by atoms with E-state index in [2.05, 4.69) is 4.98 Å². The van der Waals surface area contributed by atoms with Crippen LogP contribution >= 0.6 is 0 Å². The summed E-state index contributed by atoms with van der Waals surface area (Å²) in [5.41, 5.74) is 1.47. The van der Waals surface area contributed by atoms with E-state index in [0.29, 0.717) is 16.7 Å². The molecule has 4 heteroatoms. The monoisotopic (exact) mass is 181 g/mol. The van der Waals surface area contributed by atoms with E-state index in [4.69, 9.17) is 9.52 Å². The van der Waals surface area contributed by atoms with Gasteiger partial charge in [-0.2, -0.15) is 0 Å². The number of rotatable bonds is 2. The number of aliphatic hydroxyl groups excluding tert-OH is 1. The summed E-state index contributed by atoms with van der Waals surface area (Å²) >= 11 is 0. The van der Waals surface area contributed by atoms with Gasteiger partial charge in [0, 0.05) is 5.56 Å². The maximum absolute atomic E-state index is 12.4. The van der Waals surface area contributed by atoms with Crippen LogP contribution < -0.4 is 0 Å². The number of fused-ring (bicyclic) bond motifs is 1. The molecule has 68 valence electrons. The molecule has 0 saturated carbocycles. The average Bonchev–Trinajstić information content (AvgIpc) is 2.59. The van der Waals surface area contributed by atoms with E-state index in [1.165, 1.54) is 0 Å². The van der Waals surface area contributed by atoms with E-state index in [9.17, 15) is 4.39 Å². The Morgan fingerprint density at radius 3 is 3.00 bits per heavy atom. The van der Waals surface area contributed by atoms with Crippen molar-refractivity contribution in [3.8, 4) is 0 Å². The highest BCUT2D eigenvalue weighted by atomic mass is 19.1. The summed E-state index contributed by atoms with van der Waals surface area (Å²) in [7, 11) is 0. The van der Waals surface area contributed by atoms with Crippen LogP contribution in [0.25, 0.3) is 11.1 Å². The Hall–Kier alpha value is -1.42. The van der Waals surface area contributed by atoms with Crippen molar-refractivity contribution in [1.29, 1.82) is 0 Å². The van der Waals surface area contributed by atoms with E-state index < -0.39 is 6.67 Å². The van der Waals surface area contributed by atoms with Crippen molar-refractivity contribution in [3.63, 3.8) is 0 Å². The minimum atomic E-state index is -0.586. The van der Waals surface area contributed by atoms with Crippen molar-refractivity contribution in [1.82, 2.24) is 4.98 Å². The van der Waals surface area contributed by atoms with Gasteiger partial charge in [0.25, 0.3) is 0 Å². The number of aromatic nitrogens is 1. The molecule has 2 aromatic rings. The predicted octanol–water partition coefficient (Wildman–Crippen LogP) is 1.79. The summed E-state index contributed by atoms with van der Waals surface area (Å²) in [5.74, 6) is 0.218. The summed E-state index contributed by atoms with van der Waals surface area (Å²) in [5, 5.41) is 8.75. The third-order valence-corrected chi connectivity index (χ3v) is 1.82. The SMILES string of the molecule is OCc1nc2cccc(CF)c2o1. The first kappa shape index (κ1) is 8.19. The summed E-state index contributed by atoms with van der Waals surface area (Å²) in [4.78, 5) is 3.96. The molecular weight excluding hydrogens is 173 g/mol. The lowest BCUT2D eigenvalue weighted by molar-refractivity contribution is 0.243. The summed E-state index contributed by atoms with van der Waals surface area (Å²) < 4.78 is 17.6. The molecule has 0 radical (unpaired) electrons. The van der Waals surface area contributed by atoms with E-state index in [1.54, 1.807) is 18.2 Å². The Morgan fingerprint density at radius 1 is 1.46 bits per heavy atom. The standard InChI is InChI=1S/C9H8FNO2/c10-4-6-2-1-3-7-9(6)13-8(5-12)11-7/h1-3,12H,4-5H2. The van der Waals surface area contributed by atoms with Gasteiger partial charge in [-0.3, -0.25) is 0 Å². The molecule has 13 heavy (non-hydrogen) atoms. The maximum atomic E-state index is 12.4. The number of alkyl halides is 1. The number of hydrogen-bond donors (Lipinski definition) is 1. The van der Waals surface area contributed by atoms with Crippen molar-refractivity contribution in [2.24, 2.45) is 0 Å². The van der Waals surface area contributed by atoms with Crippen LogP contribution in [-0.2, 0) is 13.3 Å². The fourth-order valence-corrected chi connectivity index (χ4v) is 1.22. The van der Waals surface area contributed by atoms with E-state index in [1.807, 2.05) is 0 Å². The van der Waals surface area contributed by atoms with Crippen molar-refractivity contribution in [2.75, 3.05) is 0 Å². The molecule has 2 rings (SSSR count). The zero-order valence-electron chi connectivity index (χ0n) is 6.83. The zero-order valence-corrected chi connectivity index (χ0v) is 6.83. The molecule has 1 heterocycles. The molecule has 0 aliphatic heterocycles. The zero-order chi connectivity index (χ0) is 9.26. The second-order valence-electron chi connectivity index (χ2n) is 2.66. The number of benzene rings is 1. The van der Waals surface area contributed by atoms with Gasteiger partial charge in [-0.1, -0.05) is 12.1 Å². The van der Waals surface area contributed by atoms with Crippen molar-refractivity contribution < 1.29 is 13.9 Å². The molecule has 0 unspecified atom stereocenters. The van der Waals surface area contributed by atoms with E-state index in [-0.39, 0.29) is 12.5 Å². The van der Waals surface area contributed by atoms with Crippen LogP contribution in [0, 0.1) is 0 Å². The number of hydrogen-bond acceptors (Lipinski definition) is 3. The first-order chi connectivity index (χ1) is 6.35. The third-order valence-electron chi connectivity index (χ3n) is 1.82. The van der Waals surface area contributed by atoms with Crippen molar-refractivity contribution in [2.45, 2.75) is 13.3 Å². The fourth-order valence-electron chi connectivity index (χ4n) is 1.22. The quantitative estimate of drug-likeness (QED) is 0.768. The lowest BCUT2D eigenvalue weighted by Gasteiger charge is -1.92. The third kappa shape index (κ3) is 1.29. The first-order valence-corrected chi connectivity index (χ1v) is 3.89. The smallest absolute Gasteiger partial charge is 0.221 e. The lowest BCUT2D eigenvalue weighted by Crippen LogP contribution is -1.78. The Morgan fingerprint density at radius 2 is 2.31 bits per heavy atom. The number of halogens is 1. The number of oxazole rings is 1. The summed E-state index contributed by atoms with van der Waals surface area (Å²) in [6.45, 7) is -0.849. The van der Waals surface area contributed by atoms with E-state index >= 15 is 0 Å². The molecule has 1 aromatic carbocycles. The highest BCUT2D eigenvalue weighted by Gasteiger charge is 2.08. The summed E-state index contributed by atoms with van der Waals surface area (Å²) in [6.07, 6.45) is 0. The Balaban J connectivity index is 2.67. The number of para-hydroxylation sites is 1. The molecule has 0 atom stereocenters. The van der Waals surface area contributed by atoms with Gasteiger partial charge in [-0.15, -0.1) is 0 Å². The Kier molecular flexibility index (Phi) is 1.98. The normalized spacial score (nSPS) is 10.9. The molecule has 0 aliphatic rings. The van der Waals surface area contributed by atoms with Crippen LogP contribution in [-0.4, -0.2) is 10.1 Å². The largest absolute Gasteiger partial charge is 0.438 e. The molecule has 1 N–H and O–H groups in total. The Labute approximate surface area is 73.8 Å². The molecule has 3 nitrogen and oxygen atoms in total. The fraction of sp³-hybridized carbons (Fsp3) is 0.222.